The third kappa shape index (κ3) is 2.35. The van der Waals surface area contributed by atoms with Gasteiger partial charge in [0.15, 0.2) is 14.7 Å². The van der Waals surface area contributed by atoms with Crippen molar-refractivity contribution in [3.05, 3.63) is 91.0 Å². The van der Waals surface area contributed by atoms with E-state index < -0.39 is 0 Å². The Hall–Kier alpha value is -2.62. The first kappa shape index (κ1) is 15.4. The Kier molecular flexibility index (Phi) is 3.40. The molecule has 3 heteroatoms. The normalized spacial score (nSPS) is 13.6. The summed E-state index contributed by atoms with van der Waals surface area (Å²) in [5.41, 5.74) is 2.41. The molecule has 5 aromatic rings. The minimum absolute atomic E-state index is 0.0757. The van der Waals surface area contributed by atoms with Gasteiger partial charge in [0.25, 0.3) is 0 Å². The van der Waals surface area contributed by atoms with E-state index in [1.807, 2.05) is 11.8 Å². The van der Waals surface area contributed by atoms with E-state index in [2.05, 4.69) is 96.0 Å². The van der Waals surface area contributed by atoms with Gasteiger partial charge in [-0.05, 0) is 42.5 Å². The predicted octanol–water partition coefficient (Wildman–Crippen LogP) is 6.88. The summed E-state index contributed by atoms with van der Waals surface area (Å²) in [6.45, 7) is 0. The number of benzene rings is 4. The summed E-state index contributed by atoms with van der Waals surface area (Å²) in [6, 6.07) is 33.2. The van der Waals surface area contributed by atoms with Crippen LogP contribution in [0.1, 0.15) is 0 Å². The van der Waals surface area contributed by atoms with E-state index in [-0.39, 0.29) is 10.9 Å². The second kappa shape index (κ2) is 5.95. The van der Waals surface area contributed by atoms with Crippen LogP contribution in [0.15, 0.2) is 115 Å². The van der Waals surface area contributed by atoms with Gasteiger partial charge >= 0.3 is 0 Å². The van der Waals surface area contributed by atoms with Crippen molar-refractivity contribution in [2.24, 2.45) is 0 Å². The van der Waals surface area contributed by atoms with Crippen LogP contribution in [0.2, 0.25) is 0 Å². The van der Waals surface area contributed by atoms with Crippen molar-refractivity contribution in [2.45, 2.75) is 24.5 Å². The van der Waals surface area contributed by atoms with Crippen LogP contribution in [0.3, 0.4) is 0 Å². The molecule has 1 N–H and O–H groups in total. The van der Waals surface area contributed by atoms with Crippen LogP contribution in [-0.2, 0) is 10.9 Å². The summed E-state index contributed by atoms with van der Waals surface area (Å²) in [5, 5.41) is 2.61. The summed E-state index contributed by atoms with van der Waals surface area (Å²) >= 11 is 1.89. The Morgan fingerprint density at radius 1 is 0.593 bits per heavy atom. The van der Waals surface area contributed by atoms with Crippen molar-refractivity contribution in [2.75, 3.05) is 0 Å². The van der Waals surface area contributed by atoms with Crippen molar-refractivity contribution in [3.63, 3.8) is 0 Å². The monoisotopic (exact) mass is 382 g/mol. The molecule has 0 aliphatic carbocycles. The highest BCUT2D eigenvalue weighted by Crippen LogP contribution is 2.48. The molecule has 0 saturated carbocycles. The first-order valence-corrected chi connectivity index (χ1v) is 11.0. The second-order valence-electron chi connectivity index (χ2n) is 6.68. The number of H-pyrrole nitrogens is 1. The second-order valence-corrected chi connectivity index (χ2v) is 9.73. The smallest absolute Gasteiger partial charge is 0.180 e. The number of fused-ring (bicyclic) bond motifs is 5. The third-order valence-corrected chi connectivity index (χ3v) is 8.80. The standard InChI is InChI=1S/C24H16NS2/c1-2-8-19-17(7-1)18-15-16(13-14-20(18)25-19)27-23-11-5-3-9-21(23)26-22-10-4-6-12-24(22)27/h1-15,25H/q+1. The lowest BCUT2D eigenvalue weighted by molar-refractivity contribution is 1.12. The van der Waals surface area contributed by atoms with Crippen molar-refractivity contribution in [1.82, 2.24) is 4.98 Å². The molecule has 0 unspecified atom stereocenters. The van der Waals surface area contributed by atoms with E-state index in [1.54, 1.807) is 0 Å². The first-order chi connectivity index (χ1) is 13.4. The molecule has 1 aromatic heterocycles. The van der Waals surface area contributed by atoms with Gasteiger partial charge < -0.3 is 4.98 Å². The fourth-order valence-corrected chi connectivity index (χ4v) is 7.62. The molecular weight excluding hydrogens is 366 g/mol. The number of hydrogen-bond acceptors (Lipinski definition) is 1. The van der Waals surface area contributed by atoms with Gasteiger partial charge in [0.1, 0.15) is 10.9 Å². The summed E-state index contributed by atoms with van der Waals surface area (Å²) in [6.07, 6.45) is 0. The zero-order chi connectivity index (χ0) is 17.8. The molecule has 0 saturated heterocycles. The molecule has 1 aliphatic heterocycles. The van der Waals surface area contributed by atoms with Gasteiger partial charge in [0, 0.05) is 27.9 Å². The van der Waals surface area contributed by atoms with E-state index in [9.17, 15) is 0 Å². The van der Waals surface area contributed by atoms with Gasteiger partial charge in [-0.2, -0.15) is 0 Å². The highest BCUT2D eigenvalue weighted by Gasteiger charge is 2.37. The summed E-state index contributed by atoms with van der Waals surface area (Å²) < 4.78 is 0. The molecule has 1 aliphatic rings. The van der Waals surface area contributed by atoms with E-state index in [4.69, 9.17) is 0 Å². The molecule has 1 nitrogen and oxygen atoms in total. The van der Waals surface area contributed by atoms with E-state index in [0.717, 1.165) is 0 Å². The molecule has 0 radical (unpaired) electrons. The van der Waals surface area contributed by atoms with Gasteiger partial charge in [-0.25, -0.2) is 0 Å². The number of aromatic nitrogens is 1. The number of para-hydroxylation sites is 1. The number of aromatic amines is 1. The molecule has 0 bridgehead atoms. The SMILES string of the molecule is c1ccc2c(c1)Sc1ccccc1[S+]2c1ccc2[nH]c3ccccc3c2c1. The Bertz CT molecular complexity index is 1270. The zero-order valence-electron chi connectivity index (χ0n) is 14.5. The Morgan fingerprint density at radius 2 is 1.22 bits per heavy atom. The average Bonchev–Trinajstić information content (AvgIpc) is 3.10. The zero-order valence-corrected chi connectivity index (χ0v) is 16.1. The molecule has 6 rings (SSSR count). The average molecular weight is 383 g/mol. The Labute approximate surface area is 164 Å². The molecule has 27 heavy (non-hydrogen) atoms. The van der Waals surface area contributed by atoms with Crippen LogP contribution in [-0.4, -0.2) is 4.98 Å². The third-order valence-electron chi connectivity index (χ3n) is 5.07. The van der Waals surface area contributed by atoms with Gasteiger partial charge in [-0.3, -0.25) is 0 Å². The van der Waals surface area contributed by atoms with Crippen molar-refractivity contribution >= 4 is 44.5 Å². The van der Waals surface area contributed by atoms with Crippen molar-refractivity contribution in [1.29, 1.82) is 0 Å². The van der Waals surface area contributed by atoms with Crippen LogP contribution >= 0.6 is 11.8 Å². The topological polar surface area (TPSA) is 15.8 Å². The molecule has 0 fully saturated rings. The van der Waals surface area contributed by atoms with E-state index >= 15 is 0 Å². The Balaban J connectivity index is 1.63. The summed E-state index contributed by atoms with van der Waals surface area (Å²) in [5.74, 6) is 0. The van der Waals surface area contributed by atoms with Crippen LogP contribution in [0, 0.1) is 0 Å². The minimum Gasteiger partial charge on any atom is -0.355 e. The number of nitrogens with one attached hydrogen (secondary N) is 1. The van der Waals surface area contributed by atoms with Crippen molar-refractivity contribution < 1.29 is 0 Å². The fourth-order valence-electron chi connectivity index (χ4n) is 3.85. The van der Waals surface area contributed by atoms with Crippen LogP contribution in [0.25, 0.3) is 21.8 Å². The number of rotatable bonds is 1. The fraction of sp³-hybridized carbons (Fsp3) is 0. The lowest BCUT2D eigenvalue weighted by Gasteiger charge is -2.18. The quantitative estimate of drug-likeness (QED) is 0.306. The molecule has 2 heterocycles. The molecule has 0 atom stereocenters. The molecule has 0 amide bonds. The highest BCUT2D eigenvalue weighted by atomic mass is 32.2. The minimum atomic E-state index is -0.0757. The molecule has 4 aromatic carbocycles. The summed E-state index contributed by atoms with van der Waals surface area (Å²) in [4.78, 5) is 10.5. The number of hydrogen-bond donors (Lipinski definition) is 1. The van der Waals surface area contributed by atoms with Crippen LogP contribution in [0.4, 0.5) is 0 Å². The maximum Gasteiger partial charge on any atom is 0.180 e. The van der Waals surface area contributed by atoms with Gasteiger partial charge in [0.05, 0.1) is 9.79 Å². The van der Waals surface area contributed by atoms with Gasteiger partial charge in [-0.1, -0.05) is 54.2 Å². The van der Waals surface area contributed by atoms with Gasteiger partial charge in [-0.15, -0.1) is 0 Å². The van der Waals surface area contributed by atoms with Crippen LogP contribution < -0.4 is 0 Å². The maximum atomic E-state index is 3.55. The predicted molar refractivity (Wildman–Crippen MR) is 115 cm³/mol. The molecule has 128 valence electrons. The molecular formula is C24H16NS2+. The van der Waals surface area contributed by atoms with Crippen molar-refractivity contribution in [3.8, 4) is 0 Å². The van der Waals surface area contributed by atoms with E-state index in [0.29, 0.717) is 0 Å². The van der Waals surface area contributed by atoms with Gasteiger partial charge in [0.2, 0.25) is 0 Å². The largest absolute Gasteiger partial charge is 0.355 e. The van der Waals surface area contributed by atoms with Crippen LogP contribution in [0.5, 0.6) is 0 Å². The first-order valence-electron chi connectivity index (χ1n) is 8.99. The lowest BCUT2D eigenvalue weighted by Crippen LogP contribution is -2.10. The summed E-state index contributed by atoms with van der Waals surface area (Å²) in [7, 11) is -0.0757. The highest BCUT2D eigenvalue weighted by molar-refractivity contribution is 8.04. The maximum absolute atomic E-state index is 3.55. The molecule has 0 spiro atoms. The van der Waals surface area contributed by atoms with E-state index in [1.165, 1.54) is 46.3 Å². The lowest BCUT2D eigenvalue weighted by atomic mass is 10.1. The Morgan fingerprint density at radius 3 is 2.00 bits per heavy atom.